The molecule has 24 heavy (non-hydrogen) atoms. The van der Waals surface area contributed by atoms with Crippen molar-refractivity contribution in [1.29, 1.82) is 0 Å². The van der Waals surface area contributed by atoms with E-state index in [0.717, 1.165) is 35.6 Å². The number of carbonyl (C=O) groups excluding carboxylic acids is 1. The van der Waals surface area contributed by atoms with Crippen LogP contribution in [0.3, 0.4) is 0 Å². The van der Waals surface area contributed by atoms with Gasteiger partial charge in [0.1, 0.15) is 5.82 Å². The highest BCUT2D eigenvalue weighted by molar-refractivity contribution is 5.94. The van der Waals surface area contributed by atoms with Crippen molar-refractivity contribution in [3.05, 3.63) is 36.0 Å². The van der Waals surface area contributed by atoms with E-state index in [0.29, 0.717) is 12.0 Å². The van der Waals surface area contributed by atoms with Crippen molar-refractivity contribution in [3.63, 3.8) is 0 Å². The van der Waals surface area contributed by atoms with Gasteiger partial charge in [0.15, 0.2) is 0 Å². The molecule has 0 aliphatic heterocycles. The molecule has 0 spiro atoms. The first-order chi connectivity index (χ1) is 11.7. The average Bonchev–Trinajstić information content (AvgIpc) is 3.46. The standard InChI is InChI=1S/C18H21N5O/c1-11-10-19-18(23-16(11)20-13-4-5-13)22-15-8-6-14(7-9-15)21-17(24)12-2-3-12/h6-10,12-13H,2-5H2,1H3,(H,21,24)(H2,19,20,22,23). The third-order valence-corrected chi connectivity index (χ3v) is 4.25. The molecule has 6 heteroatoms. The molecule has 0 bridgehead atoms. The minimum Gasteiger partial charge on any atom is -0.367 e. The van der Waals surface area contributed by atoms with Crippen LogP contribution in [-0.2, 0) is 4.79 Å². The number of hydrogen-bond acceptors (Lipinski definition) is 5. The Morgan fingerprint density at radius 3 is 2.46 bits per heavy atom. The quantitative estimate of drug-likeness (QED) is 0.759. The number of amides is 1. The summed E-state index contributed by atoms with van der Waals surface area (Å²) in [7, 11) is 0. The number of aryl methyl sites for hydroxylation is 1. The molecule has 0 radical (unpaired) electrons. The van der Waals surface area contributed by atoms with Crippen molar-refractivity contribution in [2.24, 2.45) is 5.92 Å². The number of nitrogens with one attached hydrogen (secondary N) is 3. The Bertz CT molecular complexity index is 751. The van der Waals surface area contributed by atoms with Crippen LogP contribution in [0.4, 0.5) is 23.1 Å². The summed E-state index contributed by atoms with van der Waals surface area (Å²) in [6, 6.07) is 8.17. The van der Waals surface area contributed by atoms with E-state index < -0.39 is 0 Å². The van der Waals surface area contributed by atoms with E-state index in [2.05, 4.69) is 25.9 Å². The lowest BCUT2D eigenvalue weighted by Crippen LogP contribution is -2.13. The number of rotatable bonds is 6. The zero-order chi connectivity index (χ0) is 16.5. The van der Waals surface area contributed by atoms with Gasteiger partial charge in [-0.3, -0.25) is 4.79 Å². The first kappa shape index (κ1) is 14.9. The second-order valence-corrected chi connectivity index (χ2v) is 6.61. The molecule has 1 heterocycles. The molecule has 1 amide bonds. The fourth-order valence-electron chi connectivity index (χ4n) is 2.43. The van der Waals surface area contributed by atoms with Crippen molar-refractivity contribution in [2.45, 2.75) is 38.6 Å². The van der Waals surface area contributed by atoms with Crippen LogP contribution in [0.15, 0.2) is 30.5 Å². The summed E-state index contributed by atoms with van der Waals surface area (Å²) in [4.78, 5) is 20.6. The Morgan fingerprint density at radius 1 is 1.08 bits per heavy atom. The first-order valence-corrected chi connectivity index (χ1v) is 8.45. The zero-order valence-electron chi connectivity index (χ0n) is 13.7. The van der Waals surface area contributed by atoms with E-state index in [4.69, 9.17) is 0 Å². The predicted octanol–water partition coefficient (Wildman–Crippen LogP) is 3.45. The Hall–Kier alpha value is -2.63. The van der Waals surface area contributed by atoms with Crippen LogP contribution in [0, 0.1) is 12.8 Å². The molecule has 0 saturated heterocycles. The number of aromatic nitrogens is 2. The van der Waals surface area contributed by atoms with E-state index in [1.54, 1.807) is 0 Å². The summed E-state index contributed by atoms with van der Waals surface area (Å²) in [5.41, 5.74) is 2.75. The van der Waals surface area contributed by atoms with Crippen molar-refractivity contribution < 1.29 is 4.79 Å². The number of anilines is 4. The highest BCUT2D eigenvalue weighted by Gasteiger charge is 2.29. The monoisotopic (exact) mass is 323 g/mol. The van der Waals surface area contributed by atoms with Gasteiger partial charge in [0.05, 0.1) is 0 Å². The largest absolute Gasteiger partial charge is 0.367 e. The van der Waals surface area contributed by atoms with Gasteiger partial charge in [-0.1, -0.05) is 0 Å². The zero-order valence-corrected chi connectivity index (χ0v) is 13.7. The molecule has 1 aromatic heterocycles. The smallest absolute Gasteiger partial charge is 0.229 e. The molecule has 3 N–H and O–H groups in total. The molecule has 2 saturated carbocycles. The van der Waals surface area contributed by atoms with Gasteiger partial charge in [-0.25, -0.2) is 4.98 Å². The SMILES string of the molecule is Cc1cnc(Nc2ccc(NC(=O)C3CC3)cc2)nc1NC1CC1. The maximum Gasteiger partial charge on any atom is 0.229 e. The van der Waals surface area contributed by atoms with Crippen LogP contribution >= 0.6 is 0 Å². The second-order valence-electron chi connectivity index (χ2n) is 6.61. The van der Waals surface area contributed by atoms with Gasteiger partial charge in [0, 0.05) is 35.1 Å². The van der Waals surface area contributed by atoms with Crippen LogP contribution in [0.1, 0.15) is 31.2 Å². The van der Waals surface area contributed by atoms with Gasteiger partial charge in [-0.2, -0.15) is 4.98 Å². The fraction of sp³-hybridized carbons (Fsp3) is 0.389. The molecule has 4 rings (SSSR count). The lowest BCUT2D eigenvalue weighted by molar-refractivity contribution is -0.117. The van der Waals surface area contributed by atoms with Crippen molar-refractivity contribution >= 4 is 29.0 Å². The Labute approximate surface area is 141 Å². The third-order valence-electron chi connectivity index (χ3n) is 4.25. The molecular weight excluding hydrogens is 302 g/mol. The molecule has 2 fully saturated rings. The molecular formula is C18H21N5O. The number of nitrogens with zero attached hydrogens (tertiary/aromatic N) is 2. The van der Waals surface area contributed by atoms with E-state index in [-0.39, 0.29) is 11.8 Å². The van der Waals surface area contributed by atoms with E-state index in [1.165, 1.54) is 12.8 Å². The number of benzene rings is 1. The Kier molecular flexibility index (Phi) is 3.80. The summed E-state index contributed by atoms with van der Waals surface area (Å²) in [5.74, 6) is 1.79. The fourth-order valence-corrected chi connectivity index (χ4v) is 2.43. The summed E-state index contributed by atoms with van der Waals surface area (Å²) in [5, 5.41) is 9.56. The topological polar surface area (TPSA) is 78.9 Å². The van der Waals surface area contributed by atoms with Crippen LogP contribution in [0.25, 0.3) is 0 Å². The van der Waals surface area contributed by atoms with Gasteiger partial charge in [0.2, 0.25) is 11.9 Å². The molecule has 1 aromatic carbocycles. The molecule has 2 aromatic rings. The van der Waals surface area contributed by atoms with Crippen LogP contribution < -0.4 is 16.0 Å². The molecule has 124 valence electrons. The average molecular weight is 323 g/mol. The number of carbonyl (C=O) groups is 1. The molecule has 0 atom stereocenters. The van der Waals surface area contributed by atoms with Crippen LogP contribution in [0.5, 0.6) is 0 Å². The Balaban J connectivity index is 1.41. The third kappa shape index (κ3) is 3.64. The lowest BCUT2D eigenvalue weighted by atomic mass is 10.2. The molecule has 2 aliphatic rings. The second kappa shape index (κ2) is 6.11. The predicted molar refractivity (Wildman–Crippen MR) is 94.5 cm³/mol. The minimum atomic E-state index is 0.119. The maximum atomic E-state index is 11.8. The van der Waals surface area contributed by atoms with Crippen LogP contribution in [0.2, 0.25) is 0 Å². The van der Waals surface area contributed by atoms with Crippen LogP contribution in [-0.4, -0.2) is 21.9 Å². The maximum absolute atomic E-state index is 11.8. The van der Waals surface area contributed by atoms with Gasteiger partial charge < -0.3 is 16.0 Å². The van der Waals surface area contributed by atoms with Crippen molar-refractivity contribution in [3.8, 4) is 0 Å². The summed E-state index contributed by atoms with van der Waals surface area (Å²) >= 11 is 0. The number of hydrogen-bond donors (Lipinski definition) is 3. The highest BCUT2D eigenvalue weighted by Crippen LogP contribution is 2.30. The van der Waals surface area contributed by atoms with Crippen molar-refractivity contribution in [1.82, 2.24) is 9.97 Å². The lowest BCUT2D eigenvalue weighted by Gasteiger charge is -2.11. The molecule has 0 unspecified atom stereocenters. The van der Waals surface area contributed by atoms with Gasteiger partial charge >= 0.3 is 0 Å². The minimum absolute atomic E-state index is 0.119. The Morgan fingerprint density at radius 2 is 1.79 bits per heavy atom. The van der Waals surface area contributed by atoms with E-state index in [9.17, 15) is 4.79 Å². The first-order valence-electron chi connectivity index (χ1n) is 8.45. The van der Waals surface area contributed by atoms with Gasteiger partial charge in [-0.15, -0.1) is 0 Å². The van der Waals surface area contributed by atoms with E-state index in [1.807, 2.05) is 37.4 Å². The highest BCUT2D eigenvalue weighted by atomic mass is 16.2. The van der Waals surface area contributed by atoms with Gasteiger partial charge in [0.25, 0.3) is 0 Å². The van der Waals surface area contributed by atoms with Gasteiger partial charge in [-0.05, 0) is 56.9 Å². The van der Waals surface area contributed by atoms with Crippen molar-refractivity contribution in [2.75, 3.05) is 16.0 Å². The molecule has 2 aliphatic carbocycles. The van der Waals surface area contributed by atoms with E-state index >= 15 is 0 Å². The molecule has 6 nitrogen and oxygen atoms in total. The summed E-state index contributed by atoms with van der Waals surface area (Å²) in [6.07, 6.45) is 6.26. The summed E-state index contributed by atoms with van der Waals surface area (Å²) in [6.45, 7) is 2.01. The normalized spacial score (nSPS) is 16.5. The summed E-state index contributed by atoms with van der Waals surface area (Å²) < 4.78 is 0.